The second kappa shape index (κ2) is 7.17. The smallest absolute Gasteiger partial charge is 0.233 e. The van der Waals surface area contributed by atoms with Crippen LogP contribution in [0.3, 0.4) is 0 Å². The summed E-state index contributed by atoms with van der Waals surface area (Å²) in [6.07, 6.45) is 5.38. The summed E-state index contributed by atoms with van der Waals surface area (Å²) in [5, 5.41) is 2.76. The molecule has 17 heavy (non-hydrogen) atoms. The van der Waals surface area contributed by atoms with Crippen LogP contribution in [0.4, 0.5) is 5.69 Å². The molecule has 0 spiro atoms. The highest BCUT2D eigenvalue weighted by atomic mass is 32.2. The third-order valence-electron chi connectivity index (χ3n) is 2.31. The fourth-order valence-electron chi connectivity index (χ4n) is 1.28. The van der Waals surface area contributed by atoms with Gasteiger partial charge in [0, 0.05) is 17.6 Å². The Kier molecular flexibility index (Phi) is 5.83. The predicted octanol–water partition coefficient (Wildman–Crippen LogP) is 2.06. The van der Waals surface area contributed by atoms with E-state index in [4.69, 9.17) is 5.73 Å². The summed E-state index contributed by atoms with van der Waals surface area (Å²) < 4.78 is 0. The van der Waals surface area contributed by atoms with Gasteiger partial charge in [-0.3, -0.25) is 9.78 Å². The van der Waals surface area contributed by atoms with E-state index in [0.717, 1.165) is 24.3 Å². The molecule has 0 bridgehead atoms. The van der Waals surface area contributed by atoms with Crippen LogP contribution in [0.25, 0.3) is 0 Å². The van der Waals surface area contributed by atoms with Gasteiger partial charge in [-0.05, 0) is 19.4 Å². The lowest BCUT2D eigenvalue weighted by Crippen LogP contribution is -2.31. The highest BCUT2D eigenvalue weighted by Crippen LogP contribution is 2.27. The summed E-state index contributed by atoms with van der Waals surface area (Å²) in [7, 11) is 0. The van der Waals surface area contributed by atoms with E-state index < -0.39 is 0 Å². The highest BCUT2D eigenvalue weighted by molar-refractivity contribution is 8.00. The van der Waals surface area contributed by atoms with Crippen molar-refractivity contribution in [2.24, 2.45) is 0 Å². The first-order valence-corrected chi connectivity index (χ1v) is 6.67. The predicted molar refractivity (Wildman–Crippen MR) is 71.9 cm³/mol. The number of amides is 1. The van der Waals surface area contributed by atoms with Crippen molar-refractivity contribution in [3.63, 3.8) is 0 Å². The molecule has 1 rings (SSSR count). The number of rotatable bonds is 6. The van der Waals surface area contributed by atoms with Gasteiger partial charge >= 0.3 is 0 Å². The van der Waals surface area contributed by atoms with Crippen LogP contribution in [0, 0.1) is 0 Å². The van der Waals surface area contributed by atoms with Crippen molar-refractivity contribution >= 4 is 23.4 Å². The Hall–Kier alpha value is -1.23. The van der Waals surface area contributed by atoms with Crippen molar-refractivity contribution in [1.29, 1.82) is 0 Å². The van der Waals surface area contributed by atoms with Gasteiger partial charge in [-0.15, -0.1) is 11.8 Å². The van der Waals surface area contributed by atoms with Crippen molar-refractivity contribution in [2.75, 3.05) is 12.3 Å². The summed E-state index contributed by atoms with van der Waals surface area (Å²) in [5.74, 6) is 0.0552. The molecular weight excluding hydrogens is 234 g/mol. The van der Waals surface area contributed by atoms with Crippen LogP contribution in [-0.4, -0.2) is 22.7 Å². The van der Waals surface area contributed by atoms with Gasteiger partial charge in [0.1, 0.15) is 0 Å². The summed E-state index contributed by atoms with van der Waals surface area (Å²) in [4.78, 5) is 16.6. The molecule has 1 heterocycles. The third kappa shape index (κ3) is 4.65. The van der Waals surface area contributed by atoms with E-state index in [2.05, 4.69) is 17.2 Å². The maximum Gasteiger partial charge on any atom is 0.233 e. The van der Waals surface area contributed by atoms with Crippen LogP contribution in [0.1, 0.15) is 26.7 Å². The van der Waals surface area contributed by atoms with Crippen LogP contribution in [0.15, 0.2) is 23.4 Å². The Morgan fingerprint density at radius 3 is 3.06 bits per heavy atom. The van der Waals surface area contributed by atoms with Gasteiger partial charge in [0.2, 0.25) is 5.91 Å². The first-order chi connectivity index (χ1) is 8.15. The number of hydrogen-bond donors (Lipinski definition) is 2. The van der Waals surface area contributed by atoms with E-state index in [0.29, 0.717) is 5.69 Å². The minimum absolute atomic E-state index is 0.0552. The number of nitrogens with zero attached hydrogens (tertiary/aromatic N) is 1. The molecule has 0 fully saturated rings. The van der Waals surface area contributed by atoms with Gasteiger partial charge in [0.05, 0.1) is 17.1 Å². The first kappa shape index (κ1) is 13.8. The molecule has 1 aromatic heterocycles. The summed E-state index contributed by atoms with van der Waals surface area (Å²) >= 11 is 1.46. The number of thioether (sulfide) groups is 1. The molecule has 0 aromatic carbocycles. The van der Waals surface area contributed by atoms with Crippen molar-refractivity contribution in [3.05, 3.63) is 18.5 Å². The normalized spacial score (nSPS) is 12.1. The Balaban J connectivity index is 2.46. The molecule has 3 N–H and O–H groups in total. The summed E-state index contributed by atoms with van der Waals surface area (Å²) in [6, 6.07) is 1.83. The minimum atomic E-state index is -0.142. The van der Waals surface area contributed by atoms with Gasteiger partial charge in [-0.2, -0.15) is 0 Å². The fraction of sp³-hybridized carbons (Fsp3) is 0.500. The van der Waals surface area contributed by atoms with Crippen LogP contribution >= 0.6 is 11.8 Å². The number of nitrogens with two attached hydrogens (primary N) is 1. The van der Waals surface area contributed by atoms with E-state index in [1.54, 1.807) is 12.4 Å². The lowest BCUT2D eigenvalue weighted by atomic mass is 10.3. The van der Waals surface area contributed by atoms with Crippen molar-refractivity contribution < 1.29 is 4.79 Å². The highest BCUT2D eigenvalue weighted by Gasteiger charge is 2.14. The summed E-state index contributed by atoms with van der Waals surface area (Å²) in [6.45, 7) is 4.72. The number of aromatic nitrogens is 1. The number of nitrogen functional groups attached to an aromatic ring is 1. The molecule has 0 aliphatic rings. The molecule has 0 aliphatic heterocycles. The molecule has 1 amide bonds. The zero-order chi connectivity index (χ0) is 12.7. The molecule has 5 heteroatoms. The Morgan fingerprint density at radius 1 is 1.65 bits per heavy atom. The molecule has 1 atom stereocenters. The number of hydrogen-bond acceptors (Lipinski definition) is 4. The van der Waals surface area contributed by atoms with Gasteiger partial charge in [-0.1, -0.05) is 13.3 Å². The largest absolute Gasteiger partial charge is 0.397 e. The van der Waals surface area contributed by atoms with Gasteiger partial charge in [-0.25, -0.2) is 0 Å². The molecule has 94 valence electrons. The Bertz CT molecular complexity index is 371. The van der Waals surface area contributed by atoms with Crippen molar-refractivity contribution in [3.8, 4) is 0 Å². The van der Waals surface area contributed by atoms with Crippen LogP contribution in [0.2, 0.25) is 0 Å². The molecule has 1 aromatic rings. The van der Waals surface area contributed by atoms with Gasteiger partial charge in [0.25, 0.3) is 0 Å². The summed E-state index contributed by atoms with van der Waals surface area (Å²) in [5.41, 5.74) is 6.39. The standard InChI is InChI=1S/C12H19N3OS/c1-3-4-6-15-12(16)9(2)17-11-5-7-14-8-10(11)13/h5,7-9H,3-4,6,13H2,1-2H3,(H,15,16). The lowest BCUT2D eigenvalue weighted by molar-refractivity contribution is -0.120. The number of pyridine rings is 1. The second-order valence-corrected chi connectivity index (χ2v) is 5.20. The van der Waals surface area contributed by atoms with Crippen LogP contribution < -0.4 is 11.1 Å². The average Bonchev–Trinajstić information content (AvgIpc) is 2.32. The number of anilines is 1. The van der Waals surface area contributed by atoms with Gasteiger partial charge < -0.3 is 11.1 Å². The zero-order valence-corrected chi connectivity index (χ0v) is 11.1. The molecule has 0 radical (unpaired) electrons. The Morgan fingerprint density at radius 2 is 2.41 bits per heavy atom. The number of unbranched alkanes of at least 4 members (excludes halogenated alkanes) is 1. The molecule has 0 aliphatic carbocycles. The van der Waals surface area contributed by atoms with Crippen LogP contribution in [0.5, 0.6) is 0 Å². The maximum absolute atomic E-state index is 11.7. The average molecular weight is 253 g/mol. The molecule has 0 saturated heterocycles. The fourth-order valence-corrected chi connectivity index (χ4v) is 2.18. The number of carbonyl (C=O) groups excluding carboxylic acids is 1. The van der Waals surface area contributed by atoms with E-state index in [9.17, 15) is 4.79 Å². The van der Waals surface area contributed by atoms with E-state index >= 15 is 0 Å². The lowest BCUT2D eigenvalue weighted by Gasteiger charge is -2.12. The molecule has 4 nitrogen and oxygen atoms in total. The monoisotopic (exact) mass is 253 g/mol. The quantitative estimate of drug-likeness (QED) is 0.601. The van der Waals surface area contributed by atoms with E-state index in [1.807, 2.05) is 13.0 Å². The number of nitrogens with one attached hydrogen (secondary N) is 1. The SMILES string of the molecule is CCCCNC(=O)C(C)Sc1ccncc1N. The van der Waals surface area contributed by atoms with Crippen molar-refractivity contribution in [2.45, 2.75) is 36.8 Å². The number of carbonyl (C=O) groups is 1. The van der Waals surface area contributed by atoms with E-state index in [-0.39, 0.29) is 11.2 Å². The third-order valence-corrected chi connectivity index (χ3v) is 3.51. The second-order valence-electron chi connectivity index (χ2n) is 3.82. The molecular formula is C12H19N3OS. The maximum atomic E-state index is 11.7. The first-order valence-electron chi connectivity index (χ1n) is 5.79. The zero-order valence-electron chi connectivity index (χ0n) is 10.3. The van der Waals surface area contributed by atoms with E-state index in [1.165, 1.54) is 11.8 Å². The van der Waals surface area contributed by atoms with Gasteiger partial charge in [0.15, 0.2) is 0 Å². The molecule has 1 unspecified atom stereocenters. The topological polar surface area (TPSA) is 68.0 Å². The van der Waals surface area contributed by atoms with Crippen molar-refractivity contribution in [1.82, 2.24) is 10.3 Å². The minimum Gasteiger partial charge on any atom is -0.397 e. The molecule has 0 saturated carbocycles. The van der Waals surface area contributed by atoms with Crippen LogP contribution in [-0.2, 0) is 4.79 Å². The Labute approximate surface area is 106 Å².